The van der Waals surface area contributed by atoms with Crippen molar-refractivity contribution in [3.8, 4) is 6.07 Å². The predicted molar refractivity (Wildman–Crippen MR) is 104 cm³/mol. The fourth-order valence-corrected chi connectivity index (χ4v) is 2.79. The number of rotatable bonds is 7. The summed E-state index contributed by atoms with van der Waals surface area (Å²) in [5.74, 6) is -0.484. The van der Waals surface area contributed by atoms with Crippen LogP contribution < -0.4 is 21.9 Å². The number of H-pyrrole nitrogens is 1. The predicted octanol–water partition coefficient (Wildman–Crippen LogP) is 1.85. The Hall–Kier alpha value is -3.34. The summed E-state index contributed by atoms with van der Waals surface area (Å²) < 4.78 is 1.28. The lowest BCUT2D eigenvalue weighted by atomic mass is 10.1. The molecular formula is C19H23N5O3. The van der Waals surface area contributed by atoms with E-state index in [1.807, 2.05) is 19.9 Å². The maximum atomic E-state index is 13.0. The van der Waals surface area contributed by atoms with Gasteiger partial charge in [-0.3, -0.25) is 19.1 Å². The maximum Gasteiger partial charge on any atom is 0.330 e. The molecule has 0 aliphatic carbocycles. The Labute approximate surface area is 156 Å². The number of nitrogens with two attached hydrogens (primary N) is 1. The second kappa shape index (κ2) is 8.85. The zero-order chi connectivity index (χ0) is 20.0. The quantitative estimate of drug-likeness (QED) is 0.770. The van der Waals surface area contributed by atoms with Gasteiger partial charge >= 0.3 is 5.69 Å². The van der Waals surface area contributed by atoms with Gasteiger partial charge in [-0.1, -0.05) is 26.3 Å². The first kappa shape index (κ1) is 20.0. The molecule has 0 saturated carbocycles. The van der Waals surface area contributed by atoms with Crippen LogP contribution in [0.4, 0.5) is 11.5 Å². The molecule has 0 spiro atoms. The molecule has 1 heterocycles. The minimum atomic E-state index is -0.705. The first-order valence-corrected chi connectivity index (χ1v) is 8.89. The molecule has 1 amide bonds. The van der Waals surface area contributed by atoms with Gasteiger partial charge in [-0.2, -0.15) is 5.26 Å². The highest BCUT2D eigenvalue weighted by atomic mass is 16.2. The molecule has 0 saturated heterocycles. The van der Waals surface area contributed by atoms with E-state index in [4.69, 9.17) is 11.0 Å². The number of nitriles is 1. The minimum Gasteiger partial charge on any atom is -0.383 e. The highest BCUT2D eigenvalue weighted by molar-refractivity contribution is 6.07. The smallest absolute Gasteiger partial charge is 0.330 e. The van der Waals surface area contributed by atoms with E-state index in [2.05, 4.69) is 4.98 Å². The van der Waals surface area contributed by atoms with E-state index in [1.54, 1.807) is 18.2 Å². The van der Waals surface area contributed by atoms with E-state index in [0.29, 0.717) is 24.9 Å². The summed E-state index contributed by atoms with van der Waals surface area (Å²) in [6.45, 7) is 4.43. The molecule has 1 aromatic carbocycles. The van der Waals surface area contributed by atoms with Crippen molar-refractivity contribution in [1.82, 2.24) is 9.55 Å². The van der Waals surface area contributed by atoms with E-state index in [0.717, 1.165) is 6.42 Å². The number of benzene rings is 1. The van der Waals surface area contributed by atoms with Gasteiger partial charge < -0.3 is 10.6 Å². The van der Waals surface area contributed by atoms with Gasteiger partial charge in [-0.25, -0.2) is 4.79 Å². The molecule has 8 nitrogen and oxygen atoms in total. The van der Waals surface area contributed by atoms with Crippen molar-refractivity contribution in [2.75, 3.05) is 17.2 Å². The summed E-state index contributed by atoms with van der Waals surface area (Å²) in [7, 11) is 0. The summed E-state index contributed by atoms with van der Waals surface area (Å²) in [6.07, 6.45) is 2.14. The monoisotopic (exact) mass is 369 g/mol. The lowest BCUT2D eigenvalue weighted by Crippen LogP contribution is -2.41. The molecule has 27 heavy (non-hydrogen) atoms. The summed E-state index contributed by atoms with van der Waals surface area (Å²) in [5, 5.41) is 9.05. The van der Waals surface area contributed by atoms with Crippen LogP contribution in [0, 0.1) is 11.3 Å². The summed E-state index contributed by atoms with van der Waals surface area (Å²) in [6, 6.07) is 8.21. The van der Waals surface area contributed by atoms with Crippen LogP contribution in [0.15, 0.2) is 33.9 Å². The third kappa shape index (κ3) is 4.26. The number of amides is 1. The fourth-order valence-electron chi connectivity index (χ4n) is 2.79. The lowest BCUT2D eigenvalue weighted by molar-refractivity contribution is 0.0986. The second-order valence-electron chi connectivity index (χ2n) is 6.15. The Morgan fingerprint density at radius 2 is 2.04 bits per heavy atom. The van der Waals surface area contributed by atoms with Gasteiger partial charge in [0.25, 0.3) is 11.5 Å². The van der Waals surface area contributed by atoms with Crippen LogP contribution in [0.1, 0.15) is 49.0 Å². The standard InChI is InChI=1S/C19H23N5O3/c1-3-5-10-24-16(21)15(17(25)22-19(24)27)23(9-4-2)18(26)14-8-6-7-13(11-14)12-20/h6-8,11H,3-5,9-10,21H2,1-2H3,(H,22,25,27). The number of nitrogens with one attached hydrogen (secondary N) is 1. The molecule has 3 N–H and O–H groups in total. The number of nitrogen functional groups attached to an aromatic ring is 1. The molecule has 0 aliphatic rings. The van der Waals surface area contributed by atoms with Crippen LogP contribution in [-0.2, 0) is 6.54 Å². The SMILES string of the molecule is CCCCn1c(N)c(N(CCC)C(=O)c2cccc(C#N)c2)c(=O)[nH]c1=O. The Morgan fingerprint density at radius 3 is 2.67 bits per heavy atom. The molecule has 0 fully saturated rings. The van der Waals surface area contributed by atoms with Gasteiger partial charge in [-0.15, -0.1) is 0 Å². The van der Waals surface area contributed by atoms with E-state index in [1.165, 1.54) is 15.5 Å². The fraction of sp³-hybridized carbons (Fsp3) is 0.368. The largest absolute Gasteiger partial charge is 0.383 e. The average Bonchev–Trinajstić information content (AvgIpc) is 2.66. The number of hydrogen-bond donors (Lipinski definition) is 2. The van der Waals surface area contributed by atoms with Crippen molar-refractivity contribution < 1.29 is 4.79 Å². The summed E-state index contributed by atoms with van der Waals surface area (Å²) in [5.41, 5.74) is 5.40. The number of aromatic nitrogens is 2. The van der Waals surface area contributed by atoms with E-state index >= 15 is 0 Å². The van der Waals surface area contributed by atoms with Gasteiger partial charge in [0.05, 0.1) is 11.6 Å². The van der Waals surface area contributed by atoms with Gasteiger partial charge in [0.2, 0.25) is 0 Å². The zero-order valence-corrected chi connectivity index (χ0v) is 15.5. The number of carbonyl (C=O) groups excluding carboxylic acids is 1. The molecule has 0 aliphatic heterocycles. The third-order valence-corrected chi connectivity index (χ3v) is 4.15. The molecule has 142 valence electrons. The number of nitrogens with zero attached hydrogens (tertiary/aromatic N) is 3. The number of hydrogen-bond acceptors (Lipinski definition) is 5. The number of carbonyl (C=O) groups is 1. The Morgan fingerprint density at radius 1 is 1.30 bits per heavy atom. The van der Waals surface area contributed by atoms with Crippen molar-refractivity contribution in [2.24, 2.45) is 0 Å². The molecule has 0 unspecified atom stereocenters. The number of anilines is 2. The van der Waals surface area contributed by atoms with Crippen LogP contribution >= 0.6 is 0 Å². The van der Waals surface area contributed by atoms with Crippen LogP contribution in [-0.4, -0.2) is 22.0 Å². The molecule has 2 rings (SSSR count). The zero-order valence-electron chi connectivity index (χ0n) is 15.5. The number of aromatic amines is 1. The summed E-state index contributed by atoms with van der Waals surface area (Å²) in [4.78, 5) is 41.1. The van der Waals surface area contributed by atoms with Gasteiger partial charge in [0.15, 0.2) is 5.69 Å². The van der Waals surface area contributed by atoms with Gasteiger partial charge in [-0.05, 0) is 31.0 Å². The Kier molecular flexibility index (Phi) is 6.55. The first-order valence-electron chi connectivity index (χ1n) is 8.89. The lowest BCUT2D eigenvalue weighted by Gasteiger charge is -2.24. The van der Waals surface area contributed by atoms with Crippen molar-refractivity contribution in [3.05, 3.63) is 56.2 Å². The van der Waals surface area contributed by atoms with Gasteiger partial charge in [0, 0.05) is 18.7 Å². The van der Waals surface area contributed by atoms with Gasteiger partial charge in [0.1, 0.15) is 5.82 Å². The first-order chi connectivity index (χ1) is 12.9. The minimum absolute atomic E-state index is 0.0320. The molecule has 0 atom stereocenters. The normalized spacial score (nSPS) is 10.4. The maximum absolute atomic E-state index is 13.0. The second-order valence-corrected chi connectivity index (χ2v) is 6.15. The highest BCUT2D eigenvalue weighted by Gasteiger charge is 2.24. The van der Waals surface area contributed by atoms with Crippen molar-refractivity contribution >= 4 is 17.4 Å². The molecular weight excluding hydrogens is 346 g/mol. The molecule has 8 heteroatoms. The van der Waals surface area contributed by atoms with Crippen molar-refractivity contribution in [1.29, 1.82) is 5.26 Å². The molecule has 0 bridgehead atoms. The van der Waals surface area contributed by atoms with Crippen LogP contribution in [0.3, 0.4) is 0 Å². The van der Waals surface area contributed by atoms with E-state index in [9.17, 15) is 14.4 Å². The van der Waals surface area contributed by atoms with E-state index < -0.39 is 17.2 Å². The van der Waals surface area contributed by atoms with Crippen LogP contribution in [0.5, 0.6) is 0 Å². The van der Waals surface area contributed by atoms with Crippen LogP contribution in [0.2, 0.25) is 0 Å². The van der Waals surface area contributed by atoms with E-state index in [-0.39, 0.29) is 23.6 Å². The van der Waals surface area contributed by atoms with Crippen molar-refractivity contribution in [2.45, 2.75) is 39.7 Å². The topological polar surface area (TPSA) is 125 Å². The Balaban J connectivity index is 2.59. The highest BCUT2D eigenvalue weighted by Crippen LogP contribution is 2.20. The molecule has 1 aromatic heterocycles. The van der Waals surface area contributed by atoms with Crippen molar-refractivity contribution in [3.63, 3.8) is 0 Å². The molecule has 2 aromatic rings. The average molecular weight is 369 g/mol. The third-order valence-electron chi connectivity index (χ3n) is 4.15. The van der Waals surface area contributed by atoms with Crippen LogP contribution in [0.25, 0.3) is 0 Å². The Bertz CT molecular complexity index is 984. The molecule has 0 radical (unpaired) electrons. The number of unbranched alkanes of at least 4 members (excludes halogenated alkanes) is 1. The summed E-state index contributed by atoms with van der Waals surface area (Å²) >= 11 is 0.